The van der Waals surface area contributed by atoms with Gasteiger partial charge in [-0.2, -0.15) is 0 Å². The molecule has 150 valence electrons. The molecule has 2 aromatic carbocycles. The van der Waals surface area contributed by atoms with E-state index >= 15 is 0 Å². The van der Waals surface area contributed by atoms with Crippen LogP contribution in [-0.4, -0.2) is 30.3 Å². The monoisotopic (exact) mass is 396 g/mol. The van der Waals surface area contributed by atoms with Crippen LogP contribution >= 0.6 is 0 Å². The Balaban J connectivity index is 1.79. The molecule has 29 heavy (non-hydrogen) atoms. The number of aromatic hydroxyl groups is 1. The Bertz CT molecular complexity index is 1130. The third kappa shape index (κ3) is 4.30. The van der Waals surface area contributed by atoms with E-state index in [1.807, 2.05) is 0 Å². The minimum Gasteiger partial charge on any atom is -0.508 e. The second-order valence-electron chi connectivity index (χ2n) is 7.08. The first kappa shape index (κ1) is 19.1. The minimum atomic E-state index is -0.433. The first-order chi connectivity index (χ1) is 14.0. The number of phenols is 1. The summed E-state index contributed by atoms with van der Waals surface area (Å²) in [6.45, 7) is 2.89. The summed E-state index contributed by atoms with van der Waals surface area (Å²) in [5, 5.41) is 13.2. The van der Waals surface area contributed by atoms with Gasteiger partial charge in [-0.1, -0.05) is 6.07 Å². The Labute approximate surface area is 166 Å². The van der Waals surface area contributed by atoms with Gasteiger partial charge in [0, 0.05) is 24.6 Å². The predicted octanol–water partition coefficient (Wildman–Crippen LogP) is 3.73. The molecule has 0 saturated carbocycles. The third-order valence-electron chi connectivity index (χ3n) is 4.89. The van der Waals surface area contributed by atoms with E-state index in [4.69, 9.17) is 9.15 Å². The van der Waals surface area contributed by atoms with E-state index < -0.39 is 5.82 Å². The van der Waals surface area contributed by atoms with Gasteiger partial charge in [0.05, 0.1) is 11.8 Å². The highest BCUT2D eigenvalue weighted by molar-refractivity contribution is 5.96. The van der Waals surface area contributed by atoms with E-state index in [0.717, 1.165) is 18.4 Å². The molecule has 0 bridgehead atoms. The average molecular weight is 396 g/mol. The Morgan fingerprint density at radius 1 is 1.28 bits per heavy atom. The van der Waals surface area contributed by atoms with Crippen LogP contribution in [0.3, 0.4) is 0 Å². The van der Waals surface area contributed by atoms with Crippen LogP contribution in [0.25, 0.3) is 11.0 Å². The lowest BCUT2D eigenvalue weighted by Crippen LogP contribution is -2.34. The largest absolute Gasteiger partial charge is 0.508 e. The summed E-state index contributed by atoms with van der Waals surface area (Å²) in [7, 11) is 0. The number of carbonyl (C=O) groups excluding carboxylic acids is 1. The van der Waals surface area contributed by atoms with Crippen LogP contribution in [0, 0.1) is 12.7 Å². The molecule has 0 aliphatic carbocycles. The number of nitrogens with one attached hydrogen (secondary N) is 1. The molecule has 2 N–H and O–H groups in total. The second-order valence-corrected chi connectivity index (χ2v) is 7.08. The maximum absolute atomic E-state index is 13.7. The molecule has 1 aliphatic heterocycles. The number of ether oxygens (including phenoxy) is 1. The van der Waals surface area contributed by atoms with Crippen LogP contribution in [-0.2, 0) is 4.74 Å². The molecule has 4 rings (SSSR count). The molecule has 0 unspecified atom stereocenters. The Morgan fingerprint density at radius 3 is 2.93 bits per heavy atom. The molecular formula is C22H21FN2O4. The van der Waals surface area contributed by atoms with Crippen molar-refractivity contribution in [1.82, 2.24) is 5.32 Å². The van der Waals surface area contributed by atoms with E-state index in [1.165, 1.54) is 24.3 Å². The first-order valence-corrected chi connectivity index (χ1v) is 9.47. The number of aryl methyl sites for hydroxylation is 1. The molecule has 1 aliphatic rings. The molecular weight excluding hydrogens is 375 g/mol. The van der Waals surface area contributed by atoms with Crippen molar-refractivity contribution in [2.24, 2.45) is 4.99 Å². The van der Waals surface area contributed by atoms with E-state index in [0.29, 0.717) is 29.8 Å². The maximum atomic E-state index is 13.7. The van der Waals surface area contributed by atoms with Gasteiger partial charge in [0.2, 0.25) is 5.55 Å². The molecule has 1 aromatic heterocycles. The van der Waals surface area contributed by atoms with E-state index in [1.54, 1.807) is 25.1 Å². The number of amides is 1. The maximum Gasteiger partial charge on any atom is 0.256 e. The molecule has 1 atom stereocenters. The van der Waals surface area contributed by atoms with Gasteiger partial charge in [-0.25, -0.2) is 9.38 Å². The lowest BCUT2D eigenvalue weighted by atomic mass is 10.1. The van der Waals surface area contributed by atoms with Crippen molar-refractivity contribution in [3.8, 4) is 5.75 Å². The predicted molar refractivity (Wildman–Crippen MR) is 106 cm³/mol. The zero-order valence-electron chi connectivity index (χ0n) is 15.9. The summed E-state index contributed by atoms with van der Waals surface area (Å²) in [5.41, 5.74) is 1.74. The molecule has 3 aromatic rings. The zero-order valence-corrected chi connectivity index (χ0v) is 15.9. The standard InChI is InChI=1S/C22H21FN2O4/c1-13-4-6-15(23)10-19(13)25-22-18(21(27)24-12-17-3-2-8-28-17)9-14-5-7-16(26)11-20(14)29-22/h4-7,9-11,17,26H,2-3,8,12H2,1H3,(H,24,27)/t17-/m1/s1. The van der Waals surface area contributed by atoms with Gasteiger partial charge in [-0.05, 0) is 55.7 Å². The summed E-state index contributed by atoms with van der Waals surface area (Å²) in [4.78, 5) is 17.3. The summed E-state index contributed by atoms with van der Waals surface area (Å²) in [6, 6.07) is 10.5. The number of hydrogen-bond acceptors (Lipinski definition) is 5. The molecule has 6 nitrogen and oxygen atoms in total. The van der Waals surface area contributed by atoms with Gasteiger partial charge in [0.1, 0.15) is 22.7 Å². The van der Waals surface area contributed by atoms with Gasteiger partial charge < -0.3 is 19.6 Å². The molecule has 0 radical (unpaired) electrons. The number of hydrogen-bond donors (Lipinski definition) is 2. The number of halogens is 1. The second kappa shape index (κ2) is 8.05. The Hall–Kier alpha value is -3.19. The summed E-state index contributed by atoms with van der Waals surface area (Å²) in [5.74, 6) is -0.756. The van der Waals surface area contributed by atoms with Gasteiger partial charge in [-0.3, -0.25) is 4.79 Å². The summed E-state index contributed by atoms with van der Waals surface area (Å²) >= 11 is 0. The van der Waals surface area contributed by atoms with Crippen LogP contribution < -0.4 is 10.9 Å². The Kier molecular flexibility index (Phi) is 5.31. The average Bonchev–Trinajstić information content (AvgIpc) is 3.22. The van der Waals surface area contributed by atoms with Gasteiger partial charge in [-0.15, -0.1) is 0 Å². The van der Waals surface area contributed by atoms with Crippen molar-refractivity contribution < 1.29 is 23.4 Å². The lowest BCUT2D eigenvalue weighted by molar-refractivity contribution is 0.0854. The van der Waals surface area contributed by atoms with Gasteiger partial charge >= 0.3 is 0 Å². The molecule has 1 amide bonds. The van der Waals surface area contributed by atoms with Crippen LogP contribution in [0.1, 0.15) is 28.8 Å². The van der Waals surface area contributed by atoms with Crippen molar-refractivity contribution in [2.45, 2.75) is 25.9 Å². The fourth-order valence-electron chi connectivity index (χ4n) is 3.27. The number of carbonyl (C=O) groups is 1. The van der Waals surface area contributed by atoms with Crippen LogP contribution in [0.5, 0.6) is 5.75 Å². The fraction of sp³-hybridized carbons (Fsp3) is 0.273. The van der Waals surface area contributed by atoms with Crippen molar-refractivity contribution in [3.63, 3.8) is 0 Å². The number of nitrogens with zero attached hydrogens (tertiary/aromatic N) is 1. The van der Waals surface area contributed by atoms with Gasteiger partial charge in [0.15, 0.2) is 0 Å². The molecule has 1 saturated heterocycles. The molecule has 1 fully saturated rings. The lowest BCUT2D eigenvalue weighted by Gasteiger charge is -2.11. The number of fused-ring (bicyclic) bond motifs is 1. The van der Waals surface area contributed by atoms with E-state index in [2.05, 4.69) is 10.3 Å². The Morgan fingerprint density at radius 2 is 2.14 bits per heavy atom. The van der Waals surface area contributed by atoms with E-state index in [9.17, 15) is 14.3 Å². The quantitative estimate of drug-likeness (QED) is 0.704. The van der Waals surface area contributed by atoms with Crippen LogP contribution in [0.2, 0.25) is 0 Å². The topological polar surface area (TPSA) is 84.1 Å². The van der Waals surface area contributed by atoms with Crippen molar-refractivity contribution >= 4 is 22.6 Å². The molecule has 2 heterocycles. The highest BCUT2D eigenvalue weighted by Gasteiger charge is 2.19. The summed E-state index contributed by atoms with van der Waals surface area (Å²) < 4.78 is 25.1. The molecule has 7 heteroatoms. The third-order valence-corrected chi connectivity index (χ3v) is 4.89. The van der Waals surface area contributed by atoms with E-state index in [-0.39, 0.29) is 28.9 Å². The minimum absolute atomic E-state index is 0.000792. The normalized spacial score (nSPS) is 17.0. The SMILES string of the molecule is Cc1ccc(F)cc1N=c1oc2cc(O)ccc2cc1C(=O)NC[C@H]1CCCO1. The van der Waals surface area contributed by atoms with Crippen molar-refractivity contribution in [2.75, 3.05) is 13.2 Å². The summed E-state index contributed by atoms with van der Waals surface area (Å²) in [6.07, 6.45) is 1.88. The number of phenolic OH excluding ortho intramolecular Hbond substituents is 1. The van der Waals surface area contributed by atoms with Crippen molar-refractivity contribution in [1.29, 1.82) is 0 Å². The smallest absolute Gasteiger partial charge is 0.256 e. The fourth-order valence-corrected chi connectivity index (χ4v) is 3.27. The highest BCUT2D eigenvalue weighted by atomic mass is 19.1. The van der Waals surface area contributed by atoms with Crippen molar-refractivity contribution in [3.05, 3.63) is 65.0 Å². The number of rotatable bonds is 4. The zero-order chi connectivity index (χ0) is 20.4. The van der Waals surface area contributed by atoms with Crippen LogP contribution in [0.15, 0.2) is 51.9 Å². The molecule has 0 spiro atoms. The highest BCUT2D eigenvalue weighted by Crippen LogP contribution is 2.22. The van der Waals surface area contributed by atoms with Crippen LogP contribution in [0.4, 0.5) is 10.1 Å². The number of benzene rings is 2. The van der Waals surface area contributed by atoms with Gasteiger partial charge in [0.25, 0.3) is 5.91 Å². The first-order valence-electron chi connectivity index (χ1n) is 9.47.